The van der Waals surface area contributed by atoms with Gasteiger partial charge in [0.2, 0.25) is 0 Å². The quantitative estimate of drug-likeness (QED) is 0.754. The van der Waals surface area contributed by atoms with Crippen LogP contribution in [0.2, 0.25) is 0 Å². The average molecular weight is 360 g/mol. The molecule has 3 rings (SSSR count). The van der Waals surface area contributed by atoms with E-state index in [1.807, 2.05) is 24.3 Å². The fraction of sp³-hybridized carbons (Fsp3) is 0.125. The fourth-order valence-electron chi connectivity index (χ4n) is 2.33. The summed E-state index contributed by atoms with van der Waals surface area (Å²) in [5.41, 5.74) is 2.10. The Morgan fingerprint density at radius 2 is 1.95 bits per heavy atom. The monoisotopic (exact) mass is 359 g/mol. The first-order valence-electron chi connectivity index (χ1n) is 6.77. The number of benzene rings is 2. The second-order valence-electron chi connectivity index (χ2n) is 4.97. The first kappa shape index (κ1) is 14.6. The Labute approximate surface area is 135 Å². The Morgan fingerprint density at radius 3 is 2.64 bits per heavy atom. The molecule has 3 aromatic rings. The van der Waals surface area contributed by atoms with Crippen LogP contribution in [0.4, 0.5) is 0 Å². The Kier molecular flexibility index (Phi) is 3.85. The molecular weight excluding hydrogens is 346 g/mol. The maximum Gasteiger partial charge on any atom is 0.274 e. The summed E-state index contributed by atoms with van der Waals surface area (Å²) in [4.78, 5) is 24.0. The molecule has 0 aliphatic heterocycles. The highest BCUT2D eigenvalue weighted by atomic mass is 79.9. The average Bonchev–Trinajstić information content (AvgIpc) is 2.84. The van der Waals surface area contributed by atoms with Gasteiger partial charge < -0.3 is 5.32 Å². The van der Waals surface area contributed by atoms with Crippen LogP contribution in [0.15, 0.2) is 51.7 Å². The van der Waals surface area contributed by atoms with Crippen molar-refractivity contribution in [3.8, 4) is 0 Å². The molecule has 2 N–H and O–H groups in total. The lowest BCUT2D eigenvalue weighted by atomic mass is 10.1. The Balaban J connectivity index is 2.00. The van der Waals surface area contributed by atoms with E-state index in [1.165, 1.54) is 0 Å². The van der Waals surface area contributed by atoms with E-state index in [4.69, 9.17) is 0 Å². The summed E-state index contributed by atoms with van der Waals surface area (Å²) in [7, 11) is 1.58. The topological polar surface area (TPSA) is 66.9 Å². The standard InChI is InChI=1S/C16H14BrN3O2/c1-18-15(21)11-4-7-13-14(8-11)19-20(16(13)22)9-10-2-5-12(17)6-3-10/h2-8,19H,9H2,1H3,(H,18,21). The smallest absolute Gasteiger partial charge is 0.274 e. The molecule has 0 spiro atoms. The summed E-state index contributed by atoms with van der Waals surface area (Å²) in [6.07, 6.45) is 0. The van der Waals surface area contributed by atoms with Gasteiger partial charge in [0, 0.05) is 17.1 Å². The maximum absolute atomic E-state index is 12.4. The molecule has 2 aromatic carbocycles. The largest absolute Gasteiger partial charge is 0.355 e. The van der Waals surface area contributed by atoms with Crippen molar-refractivity contribution in [1.82, 2.24) is 15.1 Å². The highest BCUT2D eigenvalue weighted by Crippen LogP contribution is 2.13. The van der Waals surface area contributed by atoms with E-state index < -0.39 is 0 Å². The third-order valence-electron chi connectivity index (χ3n) is 3.49. The van der Waals surface area contributed by atoms with E-state index in [0.717, 1.165) is 10.0 Å². The van der Waals surface area contributed by atoms with E-state index in [2.05, 4.69) is 26.3 Å². The van der Waals surface area contributed by atoms with Crippen LogP contribution in [0.5, 0.6) is 0 Å². The normalized spacial score (nSPS) is 10.8. The Hall–Kier alpha value is -2.34. The number of aromatic amines is 1. The molecule has 0 unspecified atom stereocenters. The van der Waals surface area contributed by atoms with Crippen molar-refractivity contribution in [3.05, 3.63) is 68.4 Å². The number of H-pyrrole nitrogens is 1. The van der Waals surface area contributed by atoms with Crippen LogP contribution in [0, 0.1) is 0 Å². The van der Waals surface area contributed by atoms with Gasteiger partial charge in [0.25, 0.3) is 11.5 Å². The number of rotatable bonds is 3. The molecule has 22 heavy (non-hydrogen) atoms. The number of amides is 1. The zero-order valence-corrected chi connectivity index (χ0v) is 13.5. The number of halogens is 1. The van der Waals surface area contributed by atoms with Crippen LogP contribution < -0.4 is 10.9 Å². The molecule has 0 aliphatic rings. The number of nitrogens with zero attached hydrogens (tertiary/aromatic N) is 1. The van der Waals surface area contributed by atoms with Gasteiger partial charge in [0.1, 0.15) is 0 Å². The first-order chi connectivity index (χ1) is 10.6. The molecule has 0 fully saturated rings. The van der Waals surface area contributed by atoms with E-state index in [-0.39, 0.29) is 11.5 Å². The van der Waals surface area contributed by atoms with Crippen LogP contribution in [-0.4, -0.2) is 22.7 Å². The van der Waals surface area contributed by atoms with Crippen LogP contribution in [0.25, 0.3) is 10.9 Å². The van der Waals surface area contributed by atoms with Gasteiger partial charge in [0.15, 0.2) is 0 Å². The lowest BCUT2D eigenvalue weighted by molar-refractivity contribution is 0.0963. The highest BCUT2D eigenvalue weighted by Gasteiger charge is 2.10. The third kappa shape index (κ3) is 2.69. The molecular formula is C16H14BrN3O2. The molecule has 1 amide bonds. The molecule has 1 heterocycles. The van der Waals surface area contributed by atoms with E-state index in [0.29, 0.717) is 23.0 Å². The van der Waals surface area contributed by atoms with Gasteiger partial charge in [-0.2, -0.15) is 0 Å². The Morgan fingerprint density at radius 1 is 1.23 bits per heavy atom. The van der Waals surface area contributed by atoms with Gasteiger partial charge in [-0.1, -0.05) is 28.1 Å². The zero-order valence-electron chi connectivity index (χ0n) is 11.9. The number of carbonyl (C=O) groups is 1. The van der Waals surface area contributed by atoms with Crippen molar-refractivity contribution in [1.29, 1.82) is 0 Å². The lowest BCUT2D eigenvalue weighted by Crippen LogP contribution is -2.17. The number of fused-ring (bicyclic) bond motifs is 1. The van der Waals surface area contributed by atoms with Gasteiger partial charge >= 0.3 is 0 Å². The Bertz CT molecular complexity index is 894. The second kappa shape index (κ2) is 5.81. The summed E-state index contributed by atoms with van der Waals surface area (Å²) in [5, 5.41) is 6.20. The maximum atomic E-state index is 12.4. The third-order valence-corrected chi connectivity index (χ3v) is 4.02. The first-order valence-corrected chi connectivity index (χ1v) is 7.57. The fourth-order valence-corrected chi connectivity index (χ4v) is 2.60. The molecule has 6 heteroatoms. The lowest BCUT2D eigenvalue weighted by Gasteiger charge is -2.02. The van der Waals surface area contributed by atoms with E-state index in [9.17, 15) is 9.59 Å². The predicted octanol–water partition coefficient (Wildman–Crippen LogP) is 2.50. The van der Waals surface area contributed by atoms with Gasteiger partial charge in [-0.3, -0.25) is 14.7 Å². The highest BCUT2D eigenvalue weighted by molar-refractivity contribution is 9.10. The number of nitrogens with one attached hydrogen (secondary N) is 2. The van der Waals surface area contributed by atoms with E-state index in [1.54, 1.807) is 29.9 Å². The van der Waals surface area contributed by atoms with Crippen molar-refractivity contribution in [2.24, 2.45) is 0 Å². The summed E-state index contributed by atoms with van der Waals surface area (Å²) >= 11 is 3.39. The molecule has 5 nitrogen and oxygen atoms in total. The summed E-state index contributed by atoms with van der Waals surface area (Å²) < 4.78 is 2.54. The molecule has 0 aliphatic carbocycles. The molecule has 0 radical (unpaired) electrons. The molecule has 0 bridgehead atoms. The minimum atomic E-state index is -0.177. The van der Waals surface area contributed by atoms with Crippen molar-refractivity contribution in [2.45, 2.75) is 6.54 Å². The summed E-state index contributed by atoms with van der Waals surface area (Å²) in [5.74, 6) is -0.177. The van der Waals surface area contributed by atoms with Gasteiger partial charge in [-0.25, -0.2) is 4.68 Å². The van der Waals surface area contributed by atoms with Crippen LogP contribution in [0.1, 0.15) is 15.9 Å². The summed E-state index contributed by atoms with van der Waals surface area (Å²) in [6.45, 7) is 0.454. The minimum absolute atomic E-state index is 0.0959. The van der Waals surface area contributed by atoms with Crippen LogP contribution >= 0.6 is 15.9 Å². The minimum Gasteiger partial charge on any atom is -0.355 e. The van der Waals surface area contributed by atoms with Crippen molar-refractivity contribution in [3.63, 3.8) is 0 Å². The molecule has 1 aromatic heterocycles. The second-order valence-corrected chi connectivity index (χ2v) is 5.88. The molecule has 0 saturated carbocycles. The van der Waals surface area contributed by atoms with Gasteiger partial charge in [-0.05, 0) is 35.9 Å². The van der Waals surface area contributed by atoms with Crippen LogP contribution in [-0.2, 0) is 6.54 Å². The number of hydrogen-bond acceptors (Lipinski definition) is 2. The van der Waals surface area contributed by atoms with E-state index >= 15 is 0 Å². The van der Waals surface area contributed by atoms with Crippen LogP contribution in [0.3, 0.4) is 0 Å². The summed E-state index contributed by atoms with van der Waals surface area (Å²) in [6, 6.07) is 12.8. The SMILES string of the molecule is CNC(=O)c1ccc2c(=O)n(Cc3ccc(Br)cc3)[nH]c2c1. The van der Waals surface area contributed by atoms with Crippen molar-refractivity contribution in [2.75, 3.05) is 7.05 Å². The van der Waals surface area contributed by atoms with Crippen molar-refractivity contribution >= 4 is 32.7 Å². The predicted molar refractivity (Wildman–Crippen MR) is 89.2 cm³/mol. The molecule has 112 valence electrons. The zero-order chi connectivity index (χ0) is 15.7. The van der Waals surface area contributed by atoms with Gasteiger partial charge in [0.05, 0.1) is 17.4 Å². The number of carbonyl (C=O) groups excluding carboxylic acids is 1. The number of aromatic nitrogens is 2. The molecule has 0 saturated heterocycles. The number of hydrogen-bond donors (Lipinski definition) is 2. The van der Waals surface area contributed by atoms with Crippen molar-refractivity contribution < 1.29 is 4.79 Å². The van der Waals surface area contributed by atoms with Gasteiger partial charge in [-0.15, -0.1) is 0 Å². The molecule has 0 atom stereocenters.